The topological polar surface area (TPSA) is 174 Å². The molecule has 0 radical (unpaired) electrons. The van der Waals surface area contributed by atoms with E-state index in [9.17, 15) is 32.4 Å². The van der Waals surface area contributed by atoms with Crippen LogP contribution in [0.25, 0.3) is 0 Å². The number of rotatable bonds is 14. The summed E-state index contributed by atoms with van der Waals surface area (Å²) in [6, 6.07) is -4.09. The molecule has 2 aliphatic heterocycles. The van der Waals surface area contributed by atoms with Crippen LogP contribution in [0.2, 0.25) is 0 Å². The Hall–Kier alpha value is -3.44. The second kappa shape index (κ2) is 16.5. The lowest BCUT2D eigenvalue weighted by Gasteiger charge is -2.39. The highest BCUT2D eigenvalue weighted by atomic mass is 32.2. The number of terminal acetylenes is 1. The van der Waals surface area contributed by atoms with Crippen LogP contribution in [0, 0.1) is 40.9 Å². The largest absolute Gasteiger partial charge is 0.346 e. The SMILES string of the molecule is C#CCCC(NC(=O)[C@@H]1C2[C@H](CN1C(=O)[C@@H](NC(=O)N[C@H](CN1CCCCS1(=O)=O)C(C)(C)C)C1CCCCC1)C2(C)C)C(=O)C(=O)NCC=C. The predicted molar refractivity (Wildman–Crippen MR) is 194 cm³/mol. The summed E-state index contributed by atoms with van der Waals surface area (Å²) in [6.07, 6.45) is 12.8. The molecular weight excluding hydrogens is 673 g/mol. The minimum absolute atomic E-state index is 0.0468. The zero-order chi connectivity index (χ0) is 37.7. The van der Waals surface area contributed by atoms with E-state index < -0.39 is 63.2 Å². The van der Waals surface area contributed by atoms with E-state index in [2.05, 4.69) is 33.8 Å². The van der Waals surface area contributed by atoms with Crippen molar-refractivity contribution in [1.82, 2.24) is 30.5 Å². The fraction of sp³-hybridized carbons (Fsp3) is 0.757. The van der Waals surface area contributed by atoms with E-state index in [1.165, 1.54) is 10.4 Å². The van der Waals surface area contributed by atoms with E-state index in [1.54, 1.807) is 4.90 Å². The van der Waals surface area contributed by atoms with Gasteiger partial charge in [-0.05, 0) is 60.7 Å². The maximum atomic E-state index is 14.6. The third-order valence-corrected chi connectivity index (χ3v) is 13.4. The van der Waals surface area contributed by atoms with Gasteiger partial charge in [-0.3, -0.25) is 19.2 Å². The van der Waals surface area contributed by atoms with Gasteiger partial charge in [0.25, 0.3) is 5.91 Å². The number of hydrogen-bond acceptors (Lipinski definition) is 7. The van der Waals surface area contributed by atoms with Gasteiger partial charge in [-0.15, -0.1) is 18.9 Å². The molecule has 51 heavy (non-hydrogen) atoms. The fourth-order valence-corrected chi connectivity index (χ4v) is 9.74. The summed E-state index contributed by atoms with van der Waals surface area (Å²) in [4.78, 5) is 69.7. The Balaban J connectivity index is 1.56. The molecule has 0 aromatic carbocycles. The van der Waals surface area contributed by atoms with E-state index in [-0.39, 0.29) is 60.8 Å². The maximum Gasteiger partial charge on any atom is 0.315 e. The average molecular weight is 731 g/mol. The minimum Gasteiger partial charge on any atom is -0.346 e. The molecule has 4 rings (SSSR count). The number of ketones is 1. The first-order chi connectivity index (χ1) is 23.9. The highest BCUT2D eigenvalue weighted by Crippen LogP contribution is 2.65. The van der Waals surface area contributed by atoms with Crippen LogP contribution in [0.3, 0.4) is 0 Å². The summed E-state index contributed by atoms with van der Waals surface area (Å²) in [5, 5.41) is 11.2. The molecular formula is C37H58N6O7S. The summed E-state index contributed by atoms with van der Waals surface area (Å²) in [7, 11) is -3.43. The summed E-state index contributed by atoms with van der Waals surface area (Å²) < 4.78 is 27.1. The van der Waals surface area contributed by atoms with Crippen LogP contribution in [0.5, 0.6) is 0 Å². The molecule has 13 nitrogen and oxygen atoms in total. The standard InChI is InChI=1S/C37H58N6O7S/c1-8-10-18-26(31(44)33(46)38-19-9-2)39-32(45)30-28-25(37(28,6)7)22-43(30)34(47)29(24-16-12-11-13-17-24)41-35(48)40-27(36(3,4)5)23-42-20-14-15-21-51(42,49)50/h1,9,24-30H,2,10-23H2,3-7H3,(H,38,46)(H,39,45)(H2,40,41,48)/t25-,26?,27+,28?,29-,30-/m0/s1. The van der Waals surface area contributed by atoms with Gasteiger partial charge in [-0.1, -0.05) is 60.0 Å². The van der Waals surface area contributed by atoms with Crippen LogP contribution in [0.1, 0.15) is 92.4 Å². The first kappa shape index (κ1) is 40.3. The van der Waals surface area contributed by atoms with E-state index in [1.807, 2.05) is 34.6 Å². The maximum absolute atomic E-state index is 14.6. The number of likely N-dealkylation sites (tertiary alicyclic amines) is 1. The van der Waals surface area contributed by atoms with E-state index in [4.69, 9.17) is 6.42 Å². The van der Waals surface area contributed by atoms with Crippen molar-refractivity contribution in [2.75, 3.05) is 31.9 Å². The summed E-state index contributed by atoms with van der Waals surface area (Å²) in [5.74, 6) is -0.313. The van der Waals surface area contributed by atoms with Crippen molar-refractivity contribution in [1.29, 1.82) is 0 Å². The van der Waals surface area contributed by atoms with Crippen molar-refractivity contribution in [3.05, 3.63) is 12.7 Å². The number of fused-ring (bicyclic) bond motifs is 1. The van der Waals surface area contributed by atoms with Crippen molar-refractivity contribution < 1.29 is 32.4 Å². The van der Waals surface area contributed by atoms with Crippen LogP contribution < -0.4 is 21.3 Å². The summed E-state index contributed by atoms with van der Waals surface area (Å²) >= 11 is 0. The number of nitrogens with zero attached hydrogens (tertiary/aromatic N) is 2. The van der Waals surface area contributed by atoms with Crippen LogP contribution in [-0.4, -0.2) is 103 Å². The molecule has 4 fully saturated rings. The Bertz CT molecular complexity index is 1490. The Morgan fingerprint density at radius 3 is 2.31 bits per heavy atom. The number of carbonyl (C=O) groups excluding carboxylic acids is 5. The molecule has 2 unspecified atom stereocenters. The van der Waals surface area contributed by atoms with Crippen molar-refractivity contribution >= 4 is 39.6 Å². The van der Waals surface area contributed by atoms with Crippen molar-refractivity contribution in [2.45, 2.75) is 117 Å². The van der Waals surface area contributed by atoms with Crippen LogP contribution in [0.4, 0.5) is 4.79 Å². The monoisotopic (exact) mass is 730 g/mol. The van der Waals surface area contributed by atoms with Gasteiger partial charge < -0.3 is 26.2 Å². The zero-order valence-electron chi connectivity index (χ0n) is 31.0. The predicted octanol–water partition coefficient (Wildman–Crippen LogP) is 2.33. The van der Waals surface area contributed by atoms with Gasteiger partial charge in [0.05, 0.1) is 11.8 Å². The molecule has 6 atom stereocenters. The first-order valence-electron chi connectivity index (χ1n) is 18.5. The van der Waals surface area contributed by atoms with Crippen LogP contribution in [0.15, 0.2) is 12.7 Å². The van der Waals surface area contributed by atoms with Gasteiger partial charge in [-0.25, -0.2) is 13.2 Å². The number of hydrogen-bond donors (Lipinski definition) is 4. The van der Waals surface area contributed by atoms with Gasteiger partial charge in [-0.2, -0.15) is 4.31 Å². The van der Waals surface area contributed by atoms with E-state index in [0.717, 1.165) is 38.5 Å². The molecule has 4 aliphatic rings. The summed E-state index contributed by atoms with van der Waals surface area (Å²) in [6.45, 7) is 14.4. The smallest absolute Gasteiger partial charge is 0.315 e. The number of Topliss-reactive ketones (excluding diaryl/α,β-unsaturated/α-hetero) is 1. The molecule has 2 saturated carbocycles. The summed E-state index contributed by atoms with van der Waals surface area (Å²) in [5.41, 5.74) is -0.714. The fourth-order valence-electron chi connectivity index (χ4n) is 8.13. The molecule has 2 saturated heterocycles. The third-order valence-electron chi connectivity index (χ3n) is 11.5. The highest BCUT2D eigenvalue weighted by molar-refractivity contribution is 7.89. The highest BCUT2D eigenvalue weighted by Gasteiger charge is 2.69. The molecule has 2 heterocycles. The Morgan fingerprint density at radius 2 is 1.71 bits per heavy atom. The van der Waals surface area contributed by atoms with Crippen molar-refractivity contribution in [2.24, 2.45) is 28.6 Å². The minimum atomic E-state index is -3.43. The molecule has 0 aromatic rings. The first-order valence-corrected chi connectivity index (χ1v) is 20.1. The number of nitrogens with one attached hydrogen (secondary N) is 4. The quantitative estimate of drug-likeness (QED) is 0.121. The van der Waals surface area contributed by atoms with Crippen LogP contribution in [-0.2, 0) is 29.2 Å². The van der Waals surface area contributed by atoms with Gasteiger partial charge in [0.2, 0.25) is 27.6 Å². The number of carbonyl (C=O) groups is 5. The zero-order valence-corrected chi connectivity index (χ0v) is 31.8. The second-order valence-corrected chi connectivity index (χ2v) is 18.4. The second-order valence-electron chi connectivity index (χ2n) is 16.3. The number of amides is 5. The van der Waals surface area contributed by atoms with E-state index in [0.29, 0.717) is 19.5 Å². The number of sulfonamides is 1. The Morgan fingerprint density at radius 1 is 1.02 bits per heavy atom. The number of urea groups is 1. The molecule has 2 aliphatic carbocycles. The van der Waals surface area contributed by atoms with Gasteiger partial charge in [0, 0.05) is 38.6 Å². The molecule has 14 heteroatoms. The molecule has 4 N–H and O–H groups in total. The van der Waals surface area contributed by atoms with Gasteiger partial charge in [0.1, 0.15) is 12.1 Å². The van der Waals surface area contributed by atoms with Crippen molar-refractivity contribution in [3.8, 4) is 12.3 Å². The number of piperidine rings is 1. The molecule has 5 amide bonds. The lowest BCUT2D eigenvalue weighted by molar-refractivity contribution is -0.144. The Kier molecular flexibility index (Phi) is 13.0. The lowest BCUT2D eigenvalue weighted by Crippen LogP contribution is -2.62. The van der Waals surface area contributed by atoms with Gasteiger partial charge >= 0.3 is 6.03 Å². The van der Waals surface area contributed by atoms with E-state index >= 15 is 0 Å². The molecule has 0 aromatic heterocycles. The normalized spacial score (nSPS) is 26.0. The van der Waals surface area contributed by atoms with Gasteiger partial charge in [0.15, 0.2) is 0 Å². The van der Waals surface area contributed by atoms with Crippen molar-refractivity contribution in [3.63, 3.8) is 0 Å². The average Bonchev–Trinajstić information content (AvgIpc) is 3.38. The van der Waals surface area contributed by atoms with Crippen LogP contribution >= 0.6 is 0 Å². The lowest BCUT2D eigenvalue weighted by atomic mass is 9.83. The third kappa shape index (κ3) is 9.52. The Labute approximate surface area is 303 Å². The molecule has 284 valence electrons. The molecule has 0 spiro atoms. The molecule has 0 bridgehead atoms.